The standard InChI is InChI=1S/C22H27N5O3/c1-3-11-27-16(2)18(14-23-27)19(28)25-12-9-22(10-13-25)20(29)24-21(30)26(22)15-17-7-5-4-6-8-17/h4-8,14H,3,9-13,15H2,1-2H3,(H,24,29,30). The van der Waals surface area contributed by atoms with Crippen molar-refractivity contribution in [2.24, 2.45) is 0 Å². The first kappa shape index (κ1) is 20.1. The van der Waals surface area contributed by atoms with Crippen LogP contribution in [0.1, 0.15) is 47.8 Å². The van der Waals surface area contributed by atoms with E-state index in [4.69, 9.17) is 0 Å². The van der Waals surface area contributed by atoms with Crippen LogP contribution in [0.3, 0.4) is 0 Å². The van der Waals surface area contributed by atoms with Gasteiger partial charge in [-0.25, -0.2) is 4.79 Å². The van der Waals surface area contributed by atoms with Crippen molar-refractivity contribution in [3.63, 3.8) is 0 Å². The van der Waals surface area contributed by atoms with Crippen LogP contribution in [0, 0.1) is 6.92 Å². The highest BCUT2D eigenvalue weighted by Gasteiger charge is 2.54. The van der Waals surface area contributed by atoms with Gasteiger partial charge in [0, 0.05) is 31.9 Å². The molecule has 30 heavy (non-hydrogen) atoms. The quantitative estimate of drug-likeness (QED) is 0.768. The maximum Gasteiger partial charge on any atom is 0.325 e. The van der Waals surface area contributed by atoms with Gasteiger partial charge in [0.25, 0.3) is 11.8 Å². The molecule has 2 saturated heterocycles. The van der Waals surface area contributed by atoms with Crippen molar-refractivity contribution in [1.29, 1.82) is 0 Å². The van der Waals surface area contributed by atoms with Crippen molar-refractivity contribution in [2.75, 3.05) is 13.1 Å². The lowest BCUT2D eigenvalue weighted by Crippen LogP contribution is -2.57. The molecule has 3 heterocycles. The van der Waals surface area contributed by atoms with E-state index in [1.54, 1.807) is 16.0 Å². The molecular weight excluding hydrogens is 382 g/mol. The van der Waals surface area contributed by atoms with E-state index in [1.807, 2.05) is 41.9 Å². The van der Waals surface area contributed by atoms with Gasteiger partial charge in [-0.1, -0.05) is 37.3 Å². The molecule has 2 fully saturated rings. The van der Waals surface area contributed by atoms with Crippen molar-refractivity contribution < 1.29 is 14.4 Å². The van der Waals surface area contributed by atoms with Gasteiger partial charge in [0.05, 0.1) is 11.8 Å². The highest BCUT2D eigenvalue weighted by Crippen LogP contribution is 2.35. The average Bonchev–Trinajstić information content (AvgIpc) is 3.22. The molecule has 2 aliphatic rings. The third kappa shape index (κ3) is 3.36. The molecule has 0 saturated carbocycles. The molecule has 8 nitrogen and oxygen atoms in total. The van der Waals surface area contributed by atoms with Crippen LogP contribution in [0.15, 0.2) is 36.5 Å². The number of nitrogens with one attached hydrogen (secondary N) is 1. The molecule has 0 radical (unpaired) electrons. The van der Waals surface area contributed by atoms with Crippen LogP contribution in [0.5, 0.6) is 0 Å². The van der Waals surface area contributed by atoms with E-state index in [-0.39, 0.29) is 17.8 Å². The fourth-order valence-corrected chi connectivity index (χ4v) is 4.43. The molecule has 0 atom stereocenters. The molecule has 1 spiro atoms. The molecule has 2 aliphatic heterocycles. The molecule has 4 amide bonds. The predicted molar refractivity (Wildman–Crippen MR) is 111 cm³/mol. The highest BCUT2D eigenvalue weighted by molar-refractivity contribution is 6.07. The smallest absolute Gasteiger partial charge is 0.325 e. The van der Waals surface area contributed by atoms with Gasteiger partial charge in [0.15, 0.2) is 0 Å². The number of hydrogen-bond acceptors (Lipinski definition) is 4. The van der Waals surface area contributed by atoms with E-state index < -0.39 is 5.54 Å². The van der Waals surface area contributed by atoms with E-state index in [0.29, 0.717) is 38.0 Å². The van der Waals surface area contributed by atoms with Crippen LogP contribution in [0.25, 0.3) is 0 Å². The Morgan fingerprint density at radius 2 is 1.87 bits per heavy atom. The number of hydrogen-bond donors (Lipinski definition) is 1. The first-order valence-electron chi connectivity index (χ1n) is 10.4. The number of nitrogens with zero attached hydrogens (tertiary/aromatic N) is 4. The number of imide groups is 1. The number of amides is 4. The Bertz CT molecular complexity index is 960. The summed E-state index contributed by atoms with van der Waals surface area (Å²) >= 11 is 0. The van der Waals surface area contributed by atoms with Crippen molar-refractivity contribution >= 4 is 17.8 Å². The lowest BCUT2D eigenvalue weighted by Gasteiger charge is -2.42. The van der Waals surface area contributed by atoms with Crippen LogP contribution in [-0.4, -0.2) is 56.1 Å². The second-order valence-electron chi connectivity index (χ2n) is 8.02. The van der Waals surface area contributed by atoms with Gasteiger partial charge in [-0.05, 0) is 31.7 Å². The Morgan fingerprint density at radius 3 is 2.53 bits per heavy atom. The Kier molecular flexibility index (Phi) is 5.32. The monoisotopic (exact) mass is 409 g/mol. The molecule has 8 heteroatoms. The SMILES string of the molecule is CCCn1ncc(C(=O)N2CCC3(CC2)C(=O)NC(=O)N3Cc2ccccc2)c1C. The molecule has 1 N–H and O–H groups in total. The number of benzene rings is 1. The van der Waals surface area contributed by atoms with Gasteiger partial charge in [-0.15, -0.1) is 0 Å². The summed E-state index contributed by atoms with van der Waals surface area (Å²) in [6.45, 7) is 5.97. The van der Waals surface area contributed by atoms with Crippen LogP contribution in [-0.2, 0) is 17.9 Å². The predicted octanol–water partition coefficient (Wildman–Crippen LogP) is 2.33. The van der Waals surface area contributed by atoms with Crippen LogP contribution in [0.2, 0.25) is 0 Å². The maximum atomic E-state index is 13.1. The fourth-order valence-electron chi connectivity index (χ4n) is 4.43. The Labute approximate surface area is 175 Å². The number of piperidine rings is 1. The minimum absolute atomic E-state index is 0.0657. The van der Waals surface area contributed by atoms with E-state index in [2.05, 4.69) is 17.3 Å². The molecule has 1 aromatic heterocycles. The summed E-state index contributed by atoms with van der Waals surface area (Å²) in [7, 11) is 0. The molecule has 0 aliphatic carbocycles. The molecule has 158 valence electrons. The van der Waals surface area contributed by atoms with Gasteiger partial charge in [0.2, 0.25) is 0 Å². The zero-order valence-electron chi connectivity index (χ0n) is 17.4. The zero-order chi connectivity index (χ0) is 21.3. The van der Waals surface area contributed by atoms with E-state index in [9.17, 15) is 14.4 Å². The summed E-state index contributed by atoms with van der Waals surface area (Å²) in [6.07, 6.45) is 3.42. The summed E-state index contributed by atoms with van der Waals surface area (Å²) in [5.41, 5.74) is 1.54. The molecule has 4 rings (SSSR count). The number of carbonyl (C=O) groups is 3. The topological polar surface area (TPSA) is 87.5 Å². The van der Waals surface area contributed by atoms with Crippen molar-refractivity contribution in [2.45, 2.75) is 51.7 Å². The van der Waals surface area contributed by atoms with Crippen LogP contribution in [0.4, 0.5) is 4.79 Å². The Balaban J connectivity index is 1.49. The molecule has 0 bridgehead atoms. The Morgan fingerprint density at radius 1 is 1.17 bits per heavy atom. The van der Waals surface area contributed by atoms with Gasteiger partial charge in [-0.3, -0.25) is 19.6 Å². The number of rotatable bonds is 5. The normalized spacial score (nSPS) is 18.2. The lowest BCUT2D eigenvalue weighted by atomic mass is 9.85. The van der Waals surface area contributed by atoms with Crippen molar-refractivity contribution in [3.8, 4) is 0 Å². The highest BCUT2D eigenvalue weighted by atomic mass is 16.2. The minimum atomic E-state index is -0.898. The van der Waals surface area contributed by atoms with E-state index in [1.165, 1.54) is 0 Å². The number of urea groups is 1. The molecule has 2 aromatic rings. The first-order chi connectivity index (χ1) is 14.5. The van der Waals surface area contributed by atoms with Crippen molar-refractivity contribution in [3.05, 3.63) is 53.3 Å². The number of carbonyl (C=O) groups excluding carboxylic acids is 3. The fraction of sp³-hybridized carbons (Fsp3) is 0.455. The largest absolute Gasteiger partial charge is 0.338 e. The summed E-state index contributed by atoms with van der Waals surface area (Å²) in [5, 5.41) is 6.81. The minimum Gasteiger partial charge on any atom is -0.338 e. The third-order valence-electron chi connectivity index (χ3n) is 6.24. The van der Waals surface area contributed by atoms with Gasteiger partial charge < -0.3 is 9.80 Å². The summed E-state index contributed by atoms with van der Waals surface area (Å²) in [5.74, 6) is -0.327. The Hall–Kier alpha value is -3.16. The first-order valence-corrected chi connectivity index (χ1v) is 10.4. The lowest BCUT2D eigenvalue weighted by molar-refractivity contribution is -0.129. The molecule has 0 unspecified atom stereocenters. The molecule has 1 aromatic carbocycles. The second kappa shape index (κ2) is 7.93. The van der Waals surface area contributed by atoms with Crippen LogP contribution < -0.4 is 5.32 Å². The second-order valence-corrected chi connectivity index (χ2v) is 8.02. The average molecular weight is 409 g/mol. The van der Waals surface area contributed by atoms with Gasteiger partial charge in [0.1, 0.15) is 5.54 Å². The van der Waals surface area contributed by atoms with Gasteiger partial charge >= 0.3 is 6.03 Å². The van der Waals surface area contributed by atoms with Gasteiger partial charge in [-0.2, -0.15) is 5.10 Å². The van der Waals surface area contributed by atoms with Crippen molar-refractivity contribution in [1.82, 2.24) is 24.9 Å². The van der Waals surface area contributed by atoms with E-state index in [0.717, 1.165) is 24.2 Å². The number of aromatic nitrogens is 2. The maximum absolute atomic E-state index is 13.1. The summed E-state index contributed by atoms with van der Waals surface area (Å²) < 4.78 is 1.85. The summed E-state index contributed by atoms with van der Waals surface area (Å²) in [4.78, 5) is 41.7. The molecular formula is C22H27N5O3. The number of likely N-dealkylation sites (tertiary alicyclic amines) is 1. The third-order valence-corrected chi connectivity index (χ3v) is 6.24. The zero-order valence-corrected chi connectivity index (χ0v) is 17.4. The van der Waals surface area contributed by atoms with Crippen LogP contribution >= 0.6 is 0 Å². The van der Waals surface area contributed by atoms with E-state index >= 15 is 0 Å². The number of aryl methyl sites for hydroxylation is 1. The summed E-state index contributed by atoms with van der Waals surface area (Å²) in [6, 6.07) is 9.28.